The number of amides is 1. The third kappa shape index (κ3) is 2.32. The highest BCUT2D eigenvalue weighted by Crippen LogP contribution is 2.18. The molecule has 4 nitrogen and oxygen atoms in total. The van der Waals surface area contributed by atoms with E-state index in [0.29, 0.717) is 11.9 Å². The first-order valence-corrected chi connectivity index (χ1v) is 5.88. The van der Waals surface area contributed by atoms with Gasteiger partial charge in [0.25, 0.3) is 0 Å². The van der Waals surface area contributed by atoms with Crippen molar-refractivity contribution in [2.45, 2.75) is 19.4 Å². The summed E-state index contributed by atoms with van der Waals surface area (Å²) in [6, 6.07) is 0.358. The highest BCUT2D eigenvalue weighted by molar-refractivity contribution is 5.79. The predicted molar refractivity (Wildman–Crippen MR) is 59.6 cm³/mol. The van der Waals surface area contributed by atoms with Crippen LogP contribution in [0.25, 0.3) is 0 Å². The number of hydrogen-bond acceptors (Lipinski definition) is 3. The average Bonchev–Trinajstić information content (AvgIpc) is 2.65. The van der Waals surface area contributed by atoms with E-state index in [1.165, 1.54) is 0 Å². The van der Waals surface area contributed by atoms with Crippen molar-refractivity contribution in [2.75, 3.05) is 39.8 Å². The largest absolute Gasteiger partial charge is 0.337 e. The Morgan fingerprint density at radius 3 is 2.80 bits per heavy atom. The molecular formula is C11H21N3O. The van der Waals surface area contributed by atoms with Gasteiger partial charge in [-0.3, -0.25) is 4.79 Å². The van der Waals surface area contributed by atoms with E-state index in [1.807, 2.05) is 0 Å². The minimum atomic E-state index is 0.246. The second-order valence-electron chi connectivity index (χ2n) is 4.83. The lowest BCUT2D eigenvalue weighted by molar-refractivity contribution is -0.137. The van der Waals surface area contributed by atoms with Gasteiger partial charge in [-0.25, -0.2) is 0 Å². The van der Waals surface area contributed by atoms with Crippen molar-refractivity contribution in [2.24, 2.45) is 5.92 Å². The van der Waals surface area contributed by atoms with Crippen molar-refractivity contribution in [1.82, 2.24) is 15.1 Å². The van der Waals surface area contributed by atoms with Crippen LogP contribution in [-0.4, -0.2) is 61.5 Å². The van der Waals surface area contributed by atoms with Gasteiger partial charge in [-0.05, 0) is 26.9 Å². The third-order valence-corrected chi connectivity index (χ3v) is 3.52. The molecule has 2 saturated heterocycles. The maximum Gasteiger partial charge on any atom is 0.227 e. The molecule has 0 aliphatic carbocycles. The van der Waals surface area contributed by atoms with E-state index in [4.69, 9.17) is 0 Å². The number of piperazine rings is 1. The van der Waals surface area contributed by atoms with Gasteiger partial charge >= 0.3 is 0 Å². The Bertz CT molecular complexity index is 244. The lowest BCUT2D eigenvalue weighted by atomic mass is 10.1. The zero-order valence-electron chi connectivity index (χ0n) is 9.70. The number of nitrogens with one attached hydrogen (secondary N) is 1. The van der Waals surface area contributed by atoms with Gasteiger partial charge in [-0.2, -0.15) is 0 Å². The molecular weight excluding hydrogens is 190 g/mol. The van der Waals surface area contributed by atoms with Gasteiger partial charge < -0.3 is 15.1 Å². The fourth-order valence-electron chi connectivity index (χ4n) is 2.54. The van der Waals surface area contributed by atoms with Crippen LogP contribution in [0.3, 0.4) is 0 Å². The van der Waals surface area contributed by atoms with Crippen molar-refractivity contribution < 1.29 is 4.79 Å². The molecule has 0 saturated carbocycles. The van der Waals surface area contributed by atoms with Crippen molar-refractivity contribution in [3.8, 4) is 0 Å². The summed E-state index contributed by atoms with van der Waals surface area (Å²) < 4.78 is 0. The highest BCUT2D eigenvalue weighted by Gasteiger charge is 2.32. The molecule has 2 heterocycles. The lowest BCUT2D eigenvalue weighted by Gasteiger charge is -2.35. The molecule has 0 spiro atoms. The molecule has 4 heteroatoms. The summed E-state index contributed by atoms with van der Waals surface area (Å²) in [4.78, 5) is 16.5. The van der Waals surface area contributed by atoms with Gasteiger partial charge in [-0.15, -0.1) is 0 Å². The molecule has 2 aliphatic heterocycles. The van der Waals surface area contributed by atoms with E-state index in [1.54, 1.807) is 0 Å². The van der Waals surface area contributed by atoms with Crippen molar-refractivity contribution in [3.05, 3.63) is 0 Å². The van der Waals surface area contributed by atoms with Crippen LogP contribution < -0.4 is 5.32 Å². The molecule has 2 aliphatic rings. The van der Waals surface area contributed by atoms with E-state index >= 15 is 0 Å². The smallest absolute Gasteiger partial charge is 0.227 e. The van der Waals surface area contributed by atoms with Gasteiger partial charge in [0.05, 0.1) is 5.92 Å². The normalized spacial score (nSPS) is 33.3. The average molecular weight is 211 g/mol. The maximum atomic E-state index is 12.2. The molecule has 0 bridgehead atoms. The molecule has 1 N–H and O–H groups in total. The summed E-state index contributed by atoms with van der Waals surface area (Å²) in [5.41, 5.74) is 0. The highest BCUT2D eigenvalue weighted by atomic mass is 16.2. The van der Waals surface area contributed by atoms with E-state index in [9.17, 15) is 4.79 Å². The molecule has 2 rings (SSSR count). The molecule has 2 fully saturated rings. The topological polar surface area (TPSA) is 35.6 Å². The fourth-order valence-corrected chi connectivity index (χ4v) is 2.54. The first-order chi connectivity index (χ1) is 7.18. The summed E-state index contributed by atoms with van der Waals surface area (Å²) in [6.07, 6.45) is 1.03. The Labute approximate surface area is 91.6 Å². The van der Waals surface area contributed by atoms with E-state index in [-0.39, 0.29) is 5.92 Å². The minimum absolute atomic E-state index is 0.246. The van der Waals surface area contributed by atoms with E-state index in [0.717, 1.165) is 39.1 Å². The van der Waals surface area contributed by atoms with E-state index in [2.05, 4.69) is 29.1 Å². The van der Waals surface area contributed by atoms with Crippen molar-refractivity contribution in [3.63, 3.8) is 0 Å². The van der Waals surface area contributed by atoms with Crippen LogP contribution in [0.5, 0.6) is 0 Å². The Morgan fingerprint density at radius 2 is 2.20 bits per heavy atom. The van der Waals surface area contributed by atoms with E-state index < -0.39 is 0 Å². The third-order valence-electron chi connectivity index (χ3n) is 3.52. The fraction of sp³-hybridized carbons (Fsp3) is 0.909. The van der Waals surface area contributed by atoms with Crippen molar-refractivity contribution >= 4 is 5.91 Å². The van der Waals surface area contributed by atoms with Gasteiger partial charge in [0, 0.05) is 32.2 Å². The number of nitrogens with zero attached hydrogens (tertiary/aromatic N) is 2. The second-order valence-corrected chi connectivity index (χ2v) is 4.83. The number of hydrogen-bond donors (Lipinski definition) is 1. The van der Waals surface area contributed by atoms with Crippen LogP contribution >= 0.6 is 0 Å². The predicted octanol–water partition coefficient (Wildman–Crippen LogP) is -0.242. The summed E-state index contributed by atoms with van der Waals surface area (Å²) in [6.45, 7) is 6.89. The quantitative estimate of drug-likeness (QED) is 0.650. The van der Waals surface area contributed by atoms with Crippen molar-refractivity contribution in [1.29, 1.82) is 0 Å². The lowest BCUT2D eigenvalue weighted by Crippen LogP contribution is -2.54. The second kappa shape index (κ2) is 4.49. The standard InChI is InChI=1S/C11H21N3O/c1-9-7-12-4-6-14(9)11(15)10-3-5-13(2)8-10/h9-10,12H,3-8H2,1-2H3. The van der Waals surface area contributed by atoms with Gasteiger partial charge in [0.15, 0.2) is 0 Å². The molecule has 0 aromatic heterocycles. The van der Waals surface area contributed by atoms with Crippen LogP contribution in [0.2, 0.25) is 0 Å². The molecule has 15 heavy (non-hydrogen) atoms. The Kier molecular flexibility index (Phi) is 3.26. The Balaban J connectivity index is 1.94. The molecule has 86 valence electrons. The SMILES string of the molecule is CC1CNCCN1C(=O)C1CCN(C)C1. The molecule has 0 aromatic rings. The Morgan fingerprint density at radius 1 is 1.40 bits per heavy atom. The summed E-state index contributed by atoms with van der Waals surface area (Å²) in [7, 11) is 2.09. The van der Waals surface area contributed by atoms with Crippen LogP contribution in [0.4, 0.5) is 0 Å². The number of rotatable bonds is 1. The molecule has 0 aromatic carbocycles. The van der Waals surface area contributed by atoms with Crippen LogP contribution in [0.1, 0.15) is 13.3 Å². The number of likely N-dealkylation sites (tertiary alicyclic amines) is 1. The zero-order chi connectivity index (χ0) is 10.8. The van der Waals surface area contributed by atoms with Crippen LogP contribution in [0.15, 0.2) is 0 Å². The molecule has 2 atom stereocenters. The summed E-state index contributed by atoms with van der Waals surface area (Å²) in [5, 5.41) is 3.31. The summed E-state index contributed by atoms with van der Waals surface area (Å²) >= 11 is 0. The maximum absolute atomic E-state index is 12.2. The first-order valence-electron chi connectivity index (χ1n) is 5.88. The Hall–Kier alpha value is -0.610. The van der Waals surface area contributed by atoms with Crippen LogP contribution in [0, 0.1) is 5.92 Å². The molecule has 0 radical (unpaired) electrons. The first kappa shape index (κ1) is 10.9. The van der Waals surface area contributed by atoms with Gasteiger partial charge in [0.1, 0.15) is 0 Å². The number of carbonyl (C=O) groups excluding carboxylic acids is 1. The van der Waals surface area contributed by atoms with Gasteiger partial charge in [0.2, 0.25) is 5.91 Å². The zero-order valence-corrected chi connectivity index (χ0v) is 9.70. The van der Waals surface area contributed by atoms with Crippen LogP contribution in [-0.2, 0) is 4.79 Å². The minimum Gasteiger partial charge on any atom is -0.337 e. The summed E-state index contributed by atoms with van der Waals surface area (Å²) in [5.74, 6) is 0.615. The van der Waals surface area contributed by atoms with Gasteiger partial charge in [-0.1, -0.05) is 0 Å². The monoisotopic (exact) mass is 211 g/mol. The molecule has 2 unspecified atom stereocenters. The molecule has 1 amide bonds. The number of carbonyl (C=O) groups is 1.